The summed E-state index contributed by atoms with van der Waals surface area (Å²) in [5, 5.41) is 3.24. The van der Waals surface area contributed by atoms with Crippen molar-refractivity contribution < 1.29 is 17.9 Å². The van der Waals surface area contributed by atoms with Gasteiger partial charge in [0.15, 0.2) is 0 Å². The van der Waals surface area contributed by atoms with Crippen LogP contribution in [0, 0.1) is 0 Å². The third-order valence-corrected chi connectivity index (χ3v) is 3.06. The van der Waals surface area contributed by atoms with Crippen LogP contribution in [-0.4, -0.2) is 19.2 Å². The van der Waals surface area contributed by atoms with Crippen molar-refractivity contribution in [3.05, 3.63) is 35.4 Å². The van der Waals surface area contributed by atoms with E-state index in [0.29, 0.717) is 6.61 Å². The van der Waals surface area contributed by atoms with Gasteiger partial charge in [0.2, 0.25) is 0 Å². The second kappa shape index (κ2) is 5.71. The number of hydrogen-bond acceptors (Lipinski definition) is 2. The van der Waals surface area contributed by atoms with Gasteiger partial charge in [-0.2, -0.15) is 13.2 Å². The summed E-state index contributed by atoms with van der Waals surface area (Å²) in [6.45, 7) is 1.44. The van der Waals surface area contributed by atoms with Crippen molar-refractivity contribution >= 4 is 0 Å². The molecule has 1 heterocycles. The van der Waals surface area contributed by atoms with E-state index in [1.54, 1.807) is 6.07 Å². The summed E-state index contributed by atoms with van der Waals surface area (Å²) in [5.41, 5.74) is -0.410. The van der Waals surface area contributed by atoms with Crippen LogP contribution in [0.1, 0.15) is 24.0 Å². The first-order valence-corrected chi connectivity index (χ1v) is 6.03. The zero-order valence-electron chi connectivity index (χ0n) is 9.96. The zero-order valence-corrected chi connectivity index (χ0v) is 9.96. The van der Waals surface area contributed by atoms with Crippen LogP contribution in [0.5, 0.6) is 0 Å². The smallest absolute Gasteiger partial charge is 0.375 e. The summed E-state index contributed by atoms with van der Waals surface area (Å²) >= 11 is 0. The van der Waals surface area contributed by atoms with Gasteiger partial charge >= 0.3 is 6.18 Å². The van der Waals surface area contributed by atoms with Gasteiger partial charge < -0.3 is 10.1 Å². The Morgan fingerprint density at radius 2 is 2.06 bits per heavy atom. The highest BCUT2D eigenvalue weighted by molar-refractivity contribution is 5.28. The minimum Gasteiger partial charge on any atom is -0.375 e. The van der Waals surface area contributed by atoms with E-state index < -0.39 is 11.7 Å². The number of ether oxygens (including phenoxy) is 1. The molecule has 2 nitrogen and oxygen atoms in total. The molecule has 1 aliphatic heterocycles. The summed E-state index contributed by atoms with van der Waals surface area (Å²) in [5.74, 6) is 0. The lowest BCUT2D eigenvalue weighted by atomic mass is 10.1. The Kier molecular flexibility index (Phi) is 4.24. The Hall–Kier alpha value is -1.07. The first-order valence-electron chi connectivity index (χ1n) is 6.03. The molecular weight excluding hydrogens is 243 g/mol. The Bertz CT molecular complexity index is 386. The lowest BCUT2D eigenvalue weighted by Crippen LogP contribution is -2.26. The molecule has 1 aliphatic rings. The third kappa shape index (κ3) is 3.46. The lowest BCUT2D eigenvalue weighted by Gasteiger charge is -2.14. The predicted octanol–water partition coefficient (Wildman–Crippen LogP) is 2.97. The number of halogens is 3. The molecule has 18 heavy (non-hydrogen) atoms. The Morgan fingerprint density at radius 1 is 1.28 bits per heavy atom. The molecule has 5 heteroatoms. The molecule has 0 aromatic heterocycles. The fourth-order valence-electron chi connectivity index (χ4n) is 2.13. The second-order valence-corrected chi connectivity index (χ2v) is 4.46. The molecule has 1 saturated heterocycles. The van der Waals surface area contributed by atoms with E-state index >= 15 is 0 Å². The SMILES string of the molecule is FC(F)(F)c1ccccc1COCC1CCCN1. The van der Waals surface area contributed by atoms with Gasteiger partial charge in [-0.3, -0.25) is 0 Å². The van der Waals surface area contributed by atoms with Crippen LogP contribution in [0.15, 0.2) is 24.3 Å². The van der Waals surface area contributed by atoms with Crippen LogP contribution in [-0.2, 0) is 17.5 Å². The maximum Gasteiger partial charge on any atom is 0.416 e. The van der Waals surface area contributed by atoms with Crippen molar-refractivity contribution in [3.63, 3.8) is 0 Å². The quantitative estimate of drug-likeness (QED) is 0.897. The number of hydrogen-bond donors (Lipinski definition) is 1. The molecule has 1 atom stereocenters. The van der Waals surface area contributed by atoms with Crippen LogP contribution in [0.25, 0.3) is 0 Å². The largest absolute Gasteiger partial charge is 0.416 e. The van der Waals surface area contributed by atoms with Crippen LogP contribution in [0.2, 0.25) is 0 Å². The summed E-state index contributed by atoms with van der Waals surface area (Å²) < 4.78 is 43.5. The molecule has 0 bridgehead atoms. The topological polar surface area (TPSA) is 21.3 Å². The predicted molar refractivity (Wildman–Crippen MR) is 62.1 cm³/mol. The van der Waals surface area contributed by atoms with Crippen LogP contribution < -0.4 is 5.32 Å². The van der Waals surface area contributed by atoms with E-state index in [1.165, 1.54) is 12.1 Å². The van der Waals surface area contributed by atoms with E-state index in [4.69, 9.17) is 4.74 Å². The Balaban J connectivity index is 1.92. The molecule has 1 fully saturated rings. The fraction of sp³-hybridized carbons (Fsp3) is 0.538. The van der Waals surface area contributed by atoms with Gasteiger partial charge in [0.05, 0.1) is 18.8 Å². The number of alkyl halides is 3. The number of benzene rings is 1. The fourth-order valence-corrected chi connectivity index (χ4v) is 2.13. The van der Waals surface area contributed by atoms with Gasteiger partial charge in [-0.25, -0.2) is 0 Å². The van der Waals surface area contributed by atoms with Gasteiger partial charge in [0.1, 0.15) is 0 Å². The maximum absolute atomic E-state index is 12.7. The van der Waals surface area contributed by atoms with Crippen molar-refractivity contribution in [3.8, 4) is 0 Å². The molecule has 0 saturated carbocycles. The normalized spacial score (nSPS) is 20.3. The first kappa shape index (κ1) is 13.4. The molecular formula is C13H16F3NO. The highest BCUT2D eigenvalue weighted by Crippen LogP contribution is 2.32. The van der Waals surface area contributed by atoms with Crippen LogP contribution >= 0.6 is 0 Å². The zero-order chi connectivity index (χ0) is 13.0. The minimum absolute atomic E-state index is 0.00780. The van der Waals surface area contributed by atoms with E-state index in [1.807, 2.05) is 0 Å². The molecule has 1 N–H and O–H groups in total. The van der Waals surface area contributed by atoms with E-state index in [9.17, 15) is 13.2 Å². The summed E-state index contributed by atoms with van der Waals surface area (Å²) in [7, 11) is 0. The summed E-state index contributed by atoms with van der Waals surface area (Å²) in [6.07, 6.45) is -2.18. The molecule has 0 aliphatic carbocycles. The van der Waals surface area contributed by atoms with Crippen molar-refractivity contribution in [2.24, 2.45) is 0 Å². The summed E-state index contributed by atoms with van der Waals surface area (Å²) in [6, 6.07) is 5.83. The van der Waals surface area contributed by atoms with Gasteiger partial charge in [-0.05, 0) is 31.0 Å². The number of nitrogens with one attached hydrogen (secondary N) is 1. The van der Waals surface area contributed by atoms with E-state index in [-0.39, 0.29) is 18.2 Å². The van der Waals surface area contributed by atoms with Gasteiger partial charge in [-0.1, -0.05) is 18.2 Å². The lowest BCUT2D eigenvalue weighted by molar-refractivity contribution is -0.138. The van der Waals surface area contributed by atoms with Crippen LogP contribution in [0.3, 0.4) is 0 Å². The van der Waals surface area contributed by atoms with Crippen LogP contribution in [0.4, 0.5) is 13.2 Å². The molecule has 0 radical (unpaired) electrons. The number of rotatable bonds is 4. The van der Waals surface area contributed by atoms with E-state index in [0.717, 1.165) is 25.5 Å². The van der Waals surface area contributed by atoms with E-state index in [2.05, 4.69) is 5.32 Å². The standard InChI is InChI=1S/C13H16F3NO/c14-13(15,16)12-6-2-1-4-10(12)8-18-9-11-5-3-7-17-11/h1-2,4,6,11,17H,3,5,7-9H2. The summed E-state index contributed by atoms with van der Waals surface area (Å²) in [4.78, 5) is 0. The highest BCUT2D eigenvalue weighted by atomic mass is 19.4. The van der Waals surface area contributed by atoms with Crippen molar-refractivity contribution in [2.45, 2.75) is 31.7 Å². The maximum atomic E-state index is 12.7. The molecule has 1 aromatic carbocycles. The average molecular weight is 259 g/mol. The van der Waals surface area contributed by atoms with Gasteiger partial charge in [0, 0.05) is 6.04 Å². The molecule has 0 spiro atoms. The highest BCUT2D eigenvalue weighted by Gasteiger charge is 2.32. The van der Waals surface area contributed by atoms with Gasteiger partial charge in [-0.15, -0.1) is 0 Å². The molecule has 100 valence electrons. The van der Waals surface area contributed by atoms with Crippen molar-refractivity contribution in [1.29, 1.82) is 0 Å². The molecule has 1 aromatic rings. The van der Waals surface area contributed by atoms with Gasteiger partial charge in [0.25, 0.3) is 0 Å². The van der Waals surface area contributed by atoms with Crippen molar-refractivity contribution in [1.82, 2.24) is 5.32 Å². The Morgan fingerprint density at radius 3 is 2.72 bits per heavy atom. The second-order valence-electron chi connectivity index (χ2n) is 4.46. The van der Waals surface area contributed by atoms with Crippen molar-refractivity contribution in [2.75, 3.05) is 13.2 Å². The monoisotopic (exact) mass is 259 g/mol. The Labute approximate surface area is 104 Å². The molecule has 2 rings (SSSR count). The minimum atomic E-state index is -4.31. The molecule has 1 unspecified atom stereocenters. The average Bonchev–Trinajstić information content (AvgIpc) is 2.81. The molecule has 0 amide bonds. The first-order chi connectivity index (χ1) is 8.57. The third-order valence-electron chi connectivity index (χ3n) is 3.06.